The van der Waals surface area contributed by atoms with Gasteiger partial charge in [-0.3, -0.25) is 5.32 Å². The lowest BCUT2D eigenvalue weighted by Crippen LogP contribution is -2.41. The molecule has 1 fully saturated rings. The Morgan fingerprint density at radius 1 is 1.30 bits per heavy atom. The molecule has 1 saturated carbocycles. The van der Waals surface area contributed by atoms with E-state index in [9.17, 15) is 9.18 Å². The largest absolute Gasteiger partial charge is 0.444 e. The number of benzene rings is 1. The van der Waals surface area contributed by atoms with Crippen molar-refractivity contribution >= 4 is 17.5 Å². The van der Waals surface area contributed by atoms with Crippen LogP contribution in [0, 0.1) is 5.82 Å². The Labute approximate surface area is 136 Å². The van der Waals surface area contributed by atoms with Gasteiger partial charge in [0.1, 0.15) is 11.4 Å². The van der Waals surface area contributed by atoms with Crippen molar-refractivity contribution in [3.8, 4) is 0 Å². The molecule has 0 unspecified atom stereocenters. The molecule has 0 saturated heterocycles. The fourth-order valence-electron chi connectivity index (χ4n) is 2.43. The second kappa shape index (κ2) is 7.17. The number of carbonyl (C=O) groups is 1. The molecule has 0 aromatic heterocycles. The summed E-state index contributed by atoms with van der Waals surface area (Å²) in [6.45, 7) is 8.04. The second-order valence-corrected chi connectivity index (χ2v) is 6.71. The van der Waals surface area contributed by atoms with Crippen LogP contribution in [-0.2, 0) is 9.47 Å². The molecule has 0 aliphatic heterocycles. The van der Waals surface area contributed by atoms with Crippen LogP contribution in [0.4, 0.5) is 20.6 Å². The lowest BCUT2D eigenvalue weighted by atomic mass is 9.89. The number of ether oxygens (including phenoxy) is 2. The molecule has 128 valence electrons. The first kappa shape index (κ1) is 17.5. The third kappa shape index (κ3) is 5.39. The summed E-state index contributed by atoms with van der Waals surface area (Å²) in [5.74, 6) is -0.358. The zero-order valence-corrected chi connectivity index (χ0v) is 14.1. The first-order valence-electron chi connectivity index (χ1n) is 7.94. The molecule has 0 heterocycles. The van der Waals surface area contributed by atoms with Crippen molar-refractivity contribution in [2.75, 3.05) is 17.2 Å². The predicted molar refractivity (Wildman–Crippen MR) is 88.3 cm³/mol. The Morgan fingerprint density at radius 3 is 2.61 bits per heavy atom. The summed E-state index contributed by atoms with van der Waals surface area (Å²) in [5.41, 5.74) is 0.465. The number of amides is 1. The normalized spacial score (nSPS) is 20.6. The second-order valence-electron chi connectivity index (χ2n) is 6.71. The summed E-state index contributed by atoms with van der Waals surface area (Å²) in [7, 11) is 0. The van der Waals surface area contributed by atoms with E-state index in [1.165, 1.54) is 18.2 Å². The van der Waals surface area contributed by atoms with Crippen molar-refractivity contribution in [2.24, 2.45) is 0 Å². The maximum Gasteiger partial charge on any atom is 0.412 e. The van der Waals surface area contributed by atoms with Crippen molar-refractivity contribution in [1.82, 2.24) is 0 Å². The topological polar surface area (TPSA) is 59.6 Å². The van der Waals surface area contributed by atoms with Crippen LogP contribution in [0.5, 0.6) is 0 Å². The Kier molecular flexibility index (Phi) is 5.46. The SMILES string of the molecule is CCOC1CC(Nc2cc(F)ccc2NC(=O)OC(C)(C)C)C1. The number of carbonyl (C=O) groups excluding carboxylic acids is 1. The molecule has 2 N–H and O–H groups in total. The van der Waals surface area contributed by atoms with Gasteiger partial charge in [0, 0.05) is 12.6 Å². The maximum atomic E-state index is 13.5. The number of hydrogen-bond acceptors (Lipinski definition) is 4. The van der Waals surface area contributed by atoms with Gasteiger partial charge in [-0.05, 0) is 58.7 Å². The molecular weight excluding hydrogens is 299 g/mol. The van der Waals surface area contributed by atoms with Crippen molar-refractivity contribution < 1.29 is 18.7 Å². The van der Waals surface area contributed by atoms with E-state index in [1.807, 2.05) is 6.92 Å². The molecule has 0 bridgehead atoms. The first-order valence-corrected chi connectivity index (χ1v) is 7.94. The third-order valence-electron chi connectivity index (χ3n) is 3.47. The monoisotopic (exact) mass is 324 g/mol. The van der Waals surface area contributed by atoms with E-state index in [0.29, 0.717) is 18.0 Å². The van der Waals surface area contributed by atoms with E-state index in [0.717, 1.165) is 12.8 Å². The highest BCUT2D eigenvalue weighted by molar-refractivity contribution is 5.89. The molecule has 0 atom stereocenters. The predicted octanol–water partition coefficient (Wildman–Crippen LogP) is 4.15. The molecule has 2 rings (SSSR count). The minimum Gasteiger partial charge on any atom is -0.444 e. The van der Waals surface area contributed by atoms with Crippen molar-refractivity contribution in [3.63, 3.8) is 0 Å². The van der Waals surface area contributed by atoms with Gasteiger partial charge in [-0.1, -0.05) is 0 Å². The molecule has 1 aromatic rings. The van der Waals surface area contributed by atoms with E-state index in [4.69, 9.17) is 9.47 Å². The average Bonchev–Trinajstić information content (AvgIpc) is 2.37. The number of rotatable bonds is 5. The van der Waals surface area contributed by atoms with Crippen molar-refractivity contribution in [1.29, 1.82) is 0 Å². The van der Waals surface area contributed by atoms with Crippen LogP contribution in [0.2, 0.25) is 0 Å². The molecule has 5 nitrogen and oxygen atoms in total. The Bertz CT molecular complexity index is 551. The maximum absolute atomic E-state index is 13.5. The van der Waals surface area contributed by atoms with Crippen LogP contribution in [0.25, 0.3) is 0 Å². The lowest BCUT2D eigenvalue weighted by Gasteiger charge is -2.36. The summed E-state index contributed by atoms with van der Waals surface area (Å²) >= 11 is 0. The quantitative estimate of drug-likeness (QED) is 0.854. The zero-order chi connectivity index (χ0) is 17.0. The molecule has 0 spiro atoms. The van der Waals surface area contributed by atoms with Gasteiger partial charge >= 0.3 is 6.09 Å². The standard InChI is InChI=1S/C17H25FN2O3/c1-5-22-13-9-12(10-13)19-15-8-11(18)6-7-14(15)20-16(21)23-17(2,3)4/h6-8,12-13,19H,5,9-10H2,1-4H3,(H,20,21). The smallest absolute Gasteiger partial charge is 0.412 e. The van der Waals surface area contributed by atoms with E-state index < -0.39 is 11.7 Å². The molecule has 23 heavy (non-hydrogen) atoms. The molecule has 1 aromatic carbocycles. The van der Waals surface area contributed by atoms with Gasteiger partial charge in [-0.25, -0.2) is 9.18 Å². The summed E-state index contributed by atoms with van der Waals surface area (Å²) < 4.78 is 24.3. The summed E-state index contributed by atoms with van der Waals surface area (Å²) in [4.78, 5) is 11.9. The summed E-state index contributed by atoms with van der Waals surface area (Å²) in [5, 5.41) is 5.92. The van der Waals surface area contributed by atoms with E-state index in [2.05, 4.69) is 10.6 Å². The van der Waals surface area contributed by atoms with Crippen LogP contribution in [0.15, 0.2) is 18.2 Å². The highest BCUT2D eigenvalue weighted by atomic mass is 19.1. The summed E-state index contributed by atoms with van der Waals surface area (Å²) in [6, 6.07) is 4.43. The fraction of sp³-hybridized carbons (Fsp3) is 0.588. The van der Waals surface area contributed by atoms with Gasteiger partial charge in [0.15, 0.2) is 0 Å². The highest BCUT2D eigenvalue weighted by Gasteiger charge is 2.30. The van der Waals surface area contributed by atoms with Crippen LogP contribution < -0.4 is 10.6 Å². The zero-order valence-electron chi connectivity index (χ0n) is 14.1. The van der Waals surface area contributed by atoms with Gasteiger partial charge in [-0.2, -0.15) is 0 Å². The molecular formula is C17H25FN2O3. The van der Waals surface area contributed by atoms with Gasteiger partial charge in [0.2, 0.25) is 0 Å². The Balaban J connectivity index is 1.99. The number of halogens is 1. The van der Waals surface area contributed by atoms with Gasteiger partial charge in [-0.15, -0.1) is 0 Å². The van der Waals surface area contributed by atoms with Crippen LogP contribution >= 0.6 is 0 Å². The third-order valence-corrected chi connectivity index (χ3v) is 3.47. The fourth-order valence-corrected chi connectivity index (χ4v) is 2.43. The van der Waals surface area contributed by atoms with Crippen LogP contribution in [-0.4, -0.2) is 30.4 Å². The van der Waals surface area contributed by atoms with E-state index >= 15 is 0 Å². The van der Waals surface area contributed by atoms with Crippen LogP contribution in [0.3, 0.4) is 0 Å². The highest BCUT2D eigenvalue weighted by Crippen LogP contribution is 2.31. The van der Waals surface area contributed by atoms with Gasteiger partial charge in [0.25, 0.3) is 0 Å². The molecule has 1 aliphatic carbocycles. The average molecular weight is 324 g/mol. The Morgan fingerprint density at radius 2 is 2.00 bits per heavy atom. The summed E-state index contributed by atoms with van der Waals surface area (Å²) in [6.07, 6.45) is 1.44. The van der Waals surface area contributed by atoms with Crippen molar-refractivity contribution in [3.05, 3.63) is 24.0 Å². The molecule has 1 aliphatic rings. The lowest BCUT2D eigenvalue weighted by molar-refractivity contribution is 0.00299. The number of anilines is 2. The van der Waals surface area contributed by atoms with Crippen LogP contribution in [0.1, 0.15) is 40.5 Å². The minimum atomic E-state index is -0.587. The number of hydrogen-bond donors (Lipinski definition) is 2. The molecule has 6 heteroatoms. The van der Waals surface area contributed by atoms with Gasteiger partial charge < -0.3 is 14.8 Å². The Hall–Kier alpha value is -1.82. The molecule has 1 amide bonds. The number of nitrogens with one attached hydrogen (secondary N) is 2. The van der Waals surface area contributed by atoms with E-state index in [1.54, 1.807) is 20.8 Å². The molecule has 0 radical (unpaired) electrons. The van der Waals surface area contributed by atoms with E-state index in [-0.39, 0.29) is 18.0 Å². The minimum absolute atomic E-state index is 0.215. The van der Waals surface area contributed by atoms with Gasteiger partial charge in [0.05, 0.1) is 17.5 Å². The van der Waals surface area contributed by atoms with Crippen molar-refractivity contribution in [2.45, 2.75) is 58.3 Å². The first-order chi connectivity index (χ1) is 10.8.